The van der Waals surface area contributed by atoms with E-state index in [1.165, 1.54) is 6.07 Å². The highest BCUT2D eigenvalue weighted by Crippen LogP contribution is 2.29. The number of anilines is 3. The number of benzene rings is 2. The van der Waals surface area contributed by atoms with Crippen LogP contribution in [0.3, 0.4) is 0 Å². The smallest absolute Gasteiger partial charge is 0.335 e. The number of carboxylic acid groups (broad SMARTS) is 1. The Morgan fingerprint density at radius 1 is 0.909 bits per heavy atom. The van der Waals surface area contributed by atoms with Crippen molar-refractivity contribution < 1.29 is 14.7 Å². The molecule has 0 unspecified atom stereocenters. The Kier molecular flexibility index (Phi) is 6.74. The summed E-state index contributed by atoms with van der Waals surface area (Å²) in [7, 11) is 0. The number of hydrogen-bond donors (Lipinski definition) is 2. The highest BCUT2D eigenvalue weighted by atomic mass is 35.5. The molecule has 33 heavy (non-hydrogen) atoms. The summed E-state index contributed by atoms with van der Waals surface area (Å²) < 4.78 is 0. The Labute approximate surface area is 196 Å². The number of amides is 1. The molecule has 1 aliphatic heterocycles. The van der Waals surface area contributed by atoms with Crippen molar-refractivity contribution in [2.24, 2.45) is 0 Å². The number of carbonyl (C=O) groups is 2. The lowest BCUT2D eigenvalue weighted by molar-refractivity contribution is 0.0696. The maximum atomic E-state index is 12.9. The predicted octanol–water partition coefficient (Wildman–Crippen LogP) is 4.11. The van der Waals surface area contributed by atoms with Crippen LogP contribution in [0, 0.1) is 6.92 Å². The highest BCUT2D eigenvalue weighted by Gasteiger charge is 2.21. The molecular weight excluding hydrogens is 442 g/mol. The number of aromatic carboxylic acids is 1. The fraction of sp³-hybridized carbons (Fsp3) is 0.250. The van der Waals surface area contributed by atoms with Gasteiger partial charge < -0.3 is 20.2 Å². The molecule has 9 heteroatoms. The van der Waals surface area contributed by atoms with E-state index in [1.807, 2.05) is 25.1 Å². The summed E-state index contributed by atoms with van der Waals surface area (Å²) in [5.41, 5.74) is 2.94. The molecular formula is C24H24ClN5O3. The second kappa shape index (κ2) is 9.87. The normalized spacial score (nSPS) is 14.0. The number of nitrogens with one attached hydrogen (secondary N) is 1. The van der Waals surface area contributed by atoms with E-state index in [4.69, 9.17) is 11.6 Å². The second-order valence-corrected chi connectivity index (χ2v) is 8.29. The van der Waals surface area contributed by atoms with Gasteiger partial charge in [-0.25, -0.2) is 4.79 Å². The van der Waals surface area contributed by atoms with E-state index in [0.717, 1.165) is 36.6 Å². The van der Waals surface area contributed by atoms with Crippen molar-refractivity contribution >= 4 is 40.7 Å². The van der Waals surface area contributed by atoms with Crippen LogP contribution in [0.1, 0.15) is 32.7 Å². The Morgan fingerprint density at radius 3 is 2.30 bits per heavy atom. The summed E-state index contributed by atoms with van der Waals surface area (Å²) in [6.07, 6.45) is 0.857. The van der Waals surface area contributed by atoms with Crippen molar-refractivity contribution in [3.8, 4) is 0 Å². The van der Waals surface area contributed by atoms with Gasteiger partial charge in [0, 0.05) is 31.7 Å². The SMILES string of the molecule is Cc1ccc(C(=O)Nc2cc(C(=O)O)ccc2N2CCCN(c3ccc(Cl)nn3)CC2)cc1. The monoisotopic (exact) mass is 465 g/mol. The van der Waals surface area contributed by atoms with Gasteiger partial charge in [0.1, 0.15) is 0 Å². The fourth-order valence-electron chi connectivity index (χ4n) is 3.81. The zero-order valence-corrected chi connectivity index (χ0v) is 18.9. The Morgan fingerprint density at radius 2 is 1.61 bits per heavy atom. The topological polar surface area (TPSA) is 98.7 Å². The highest BCUT2D eigenvalue weighted by molar-refractivity contribution is 6.29. The molecule has 1 aromatic heterocycles. The van der Waals surface area contributed by atoms with Crippen LogP contribution in [0.4, 0.5) is 17.2 Å². The van der Waals surface area contributed by atoms with Gasteiger partial charge in [-0.05, 0) is 55.8 Å². The van der Waals surface area contributed by atoms with Crippen molar-refractivity contribution in [3.05, 3.63) is 76.4 Å². The third kappa shape index (κ3) is 5.40. The first-order valence-corrected chi connectivity index (χ1v) is 11.0. The number of aryl methyl sites for hydroxylation is 1. The lowest BCUT2D eigenvalue weighted by Crippen LogP contribution is -2.32. The van der Waals surface area contributed by atoms with Crippen LogP contribution in [0.15, 0.2) is 54.6 Å². The van der Waals surface area contributed by atoms with Gasteiger partial charge in [0.25, 0.3) is 5.91 Å². The first kappa shape index (κ1) is 22.5. The van der Waals surface area contributed by atoms with Crippen LogP contribution in [0.5, 0.6) is 0 Å². The molecule has 0 aliphatic carbocycles. The standard InChI is InChI=1S/C24H24ClN5O3/c1-16-3-5-17(6-4-16)23(31)26-19-15-18(24(32)33)7-8-20(19)29-11-2-12-30(14-13-29)22-10-9-21(25)27-28-22/h3-10,15H,2,11-14H2,1H3,(H,26,31)(H,32,33). The van der Waals surface area contributed by atoms with E-state index in [9.17, 15) is 14.7 Å². The van der Waals surface area contributed by atoms with Gasteiger partial charge in [-0.15, -0.1) is 10.2 Å². The molecule has 1 saturated heterocycles. The Balaban J connectivity index is 1.57. The Hall–Kier alpha value is -3.65. The van der Waals surface area contributed by atoms with E-state index < -0.39 is 5.97 Å². The summed E-state index contributed by atoms with van der Waals surface area (Å²) >= 11 is 5.86. The molecule has 1 aliphatic rings. The molecule has 0 spiro atoms. The maximum absolute atomic E-state index is 12.9. The molecule has 170 valence electrons. The van der Waals surface area contributed by atoms with Gasteiger partial charge >= 0.3 is 5.97 Å². The number of aromatic nitrogens is 2. The number of halogens is 1. The largest absolute Gasteiger partial charge is 0.478 e. The van der Waals surface area contributed by atoms with Crippen LogP contribution in [0.2, 0.25) is 5.15 Å². The van der Waals surface area contributed by atoms with Crippen molar-refractivity contribution in [1.29, 1.82) is 0 Å². The second-order valence-electron chi connectivity index (χ2n) is 7.90. The summed E-state index contributed by atoms with van der Waals surface area (Å²) in [6.45, 7) is 4.86. The zero-order valence-electron chi connectivity index (χ0n) is 18.2. The van der Waals surface area contributed by atoms with E-state index in [2.05, 4.69) is 25.3 Å². The van der Waals surface area contributed by atoms with Crippen LogP contribution in [0.25, 0.3) is 0 Å². The molecule has 2 aromatic carbocycles. The van der Waals surface area contributed by atoms with Gasteiger partial charge in [0.05, 0.1) is 16.9 Å². The van der Waals surface area contributed by atoms with Crippen molar-refractivity contribution in [3.63, 3.8) is 0 Å². The lowest BCUT2D eigenvalue weighted by atomic mass is 10.1. The number of hydrogen-bond acceptors (Lipinski definition) is 6. The van der Waals surface area contributed by atoms with E-state index in [0.29, 0.717) is 29.5 Å². The van der Waals surface area contributed by atoms with Crippen LogP contribution < -0.4 is 15.1 Å². The summed E-state index contributed by atoms with van der Waals surface area (Å²) in [6, 6.07) is 15.6. The summed E-state index contributed by atoms with van der Waals surface area (Å²) in [5, 5.41) is 20.8. The lowest BCUT2D eigenvalue weighted by Gasteiger charge is -2.26. The van der Waals surface area contributed by atoms with Crippen LogP contribution in [-0.4, -0.2) is 53.4 Å². The molecule has 0 bridgehead atoms. The average molecular weight is 466 g/mol. The first-order chi connectivity index (χ1) is 15.9. The van der Waals surface area contributed by atoms with Gasteiger partial charge in [-0.1, -0.05) is 29.3 Å². The van der Waals surface area contributed by atoms with Gasteiger partial charge in [0.15, 0.2) is 11.0 Å². The number of nitrogens with zero attached hydrogens (tertiary/aromatic N) is 4. The molecule has 1 fully saturated rings. The third-order valence-corrected chi connectivity index (χ3v) is 5.79. The van der Waals surface area contributed by atoms with E-state index in [-0.39, 0.29) is 11.5 Å². The van der Waals surface area contributed by atoms with E-state index >= 15 is 0 Å². The van der Waals surface area contributed by atoms with Crippen LogP contribution >= 0.6 is 11.6 Å². The van der Waals surface area contributed by atoms with Crippen molar-refractivity contribution in [1.82, 2.24) is 10.2 Å². The van der Waals surface area contributed by atoms with Gasteiger partial charge in [0.2, 0.25) is 0 Å². The number of carbonyl (C=O) groups excluding carboxylic acids is 1. The maximum Gasteiger partial charge on any atom is 0.335 e. The fourth-order valence-corrected chi connectivity index (χ4v) is 3.91. The third-order valence-electron chi connectivity index (χ3n) is 5.58. The molecule has 4 rings (SSSR count). The van der Waals surface area contributed by atoms with E-state index in [1.54, 1.807) is 30.3 Å². The zero-order chi connectivity index (χ0) is 23.4. The molecule has 0 atom stereocenters. The summed E-state index contributed by atoms with van der Waals surface area (Å²) in [4.78, 5) is 28.7. The van der Waals surface area contributed by atoms with Gasteiger partial charge in [-0.3, -0.25) is 4.79 Å². The first-order valence-electron chi connectivity index (χ1n) is 10.7. The molecule has 0 radical (unpaired) electrons. The minimum atomic E-state index is -1.05. The minimum Gasteiger partial charge on any atom is -0.478 e. The van der Waals surface area contributed by atoms with Gasteiger partial charge in [-0.2, -0.15) is 0 Å². The number of carboxylic acids is 1. The quantitative estimate of drug-likeness (QED) is 0.585. The number of rotatable bonds is 5. The molecule has 3 aromatic rings. The molecule has 0 saturated carbocycles. The molecule has 1 amide bonds. The average Bonchev–Trinajstić information content (AvgIpc) is 3.06. The van der Waals surface area contributed by atoms with Crippen molar-refractivity contribution in [2.75, 3.05) is 41.3 Å². The molecule has 8 nitrogen and oxygen atoms in total. The van der Waals surface area contributed by atoms with Crippen LogP contribution in [-0.2, 0) is 0 Å². The Bertz CT molecular complexity index is 1150. The summed E-state index contributed by atoms with van der Waals surface area (Å²) in [5.74, 6) is -0.571. The molecule has 2 heterocycles. The van der Waals surface area contributed by atoms with Crippen molar-refractivity contribution in [2.45, 2.75) is 13.3 Å². The molecule has 2 N–H and O–H groups in total. The predicted molar refractivity (Wildman–Crippen MR) is 129 cm³/mol. The minimum absolute atomic E-state index is 0.117.